The van der Waals surface area contributed by atoms with E-state index in [4.69, 9.17) is 10.2 Å². The maximum absolute atomic E-state index is 13.2. The van der Waals surface area contributed by atoms with Gasteiger partial charge in [0.15, 0.2) is 0 Å². The van der Waals surface area contributed by atoms with Gasteiger partial charge >= 0.3 is 105 Å². The van der Waals surface area contributed by atoms with Gasteiger partial charge in [0, 0.05) is 0 Å². The van der Waals surface area contributed by atoms with Crippen molar-refractivity contribution in [3.05, 3.63) is 51.9 Å². The summed E-state index contributed by atoms with van der Waals surface area (Å²) in [6, 6.07) is 8.35. The van der Waals surface area contributed by atoms with Crippen molar-refractivity contribution < 1.29 is 35.8 Å². The molecule has 1 aliphatic carbocycles. The van der Waals surface area contributed by atoms with Gasteiger partial charge in [-0.1, -0.05) is 0 Å². The fraction of sp³-hybridized carbons (Fsp3) is 0.214. The van der Waals surface area contributed by atoms with Crippen LogP contribution in [-0.4, -0.2) is 10.6 Å². The van der Waals surface area contributed by atoms with Gasteiger partial charge in [0.25, 0.3) is 0 Å². The summed E-state index contributed by atoms with van der Waals surface area (Å²) in [5.41, 5.74) is 0.807. The first-order valence-electron chi connectivity index (χ1n) is 5.82. The van der Waals surface area contributed by atoms with Crippen LogP contribution in [0, 0.1) is 5.41 Å². The molecule has 0 unspecified atom stereocenters. The Morgan fingerprint density at radius 2 is 1.80 bits per heavy atom. The minimum absolute atomic E-state index is 0.468. The number of halogens is 3. The van der Waals surface area contributed by atoms with Crippen molar-refractivity contribution in [1.29, 1.82) is 5.41 Å². The van der Waals surface area contributed by atoms with Crippen molar-refractivity contribution in [3.63, 3.8) is 0 Å². The second-order valence-electron chi connectivity index (χ2n) is 4.11. The molecular weight excluding hydrogens is 303 g/mol. The Kier molecular flexibility index (Phi) is 6.15. The van der Waals surface area contributed by atoms with E-state index in [9.17, 15) is 13.2 Å². The van der Waals surface area contributed by atoms with E-state index in [1.165, 1.54) is 0 Å². The average molecular weight is 316 g/mol. The number of alkyl halides is 3. The first-order valence-corrected chi connectivity index (χ1v) is 8.16. The quantitative estimate of drug-likeness (QED) is 0.506. The van der Waals surface area contributed by atoms with Gasteiger partial charge < -0.3 is 0 Å². The molecule has 2 rings (SSSR count). The third kappa shape index (κ3) is 4.31. The predicted molar refractivity (Wildman–Crippen MR) is 67.0 cm³/mol. The van der Waals surface area contributed by atoms with Gasteiger partial charge in [-0.2, -0.15) is 0 Å². The number of carbonyl (C=O) groups excluding carboxylic acids is 1. The van der Waals surface area contributed by atoms with Crippen LogP contribution in [-0.2, 0) is 22.7 Å². The first kappa shape index (κ1) is 16.6. The van der Waals surface area contributed by atoms with E-state index in [2.05, 4.69) is 0 Å². The number of hydrogen-bond acceptors (Lipinski definition) is 2. The van der Waals surface area contributed by atoms with E-state index in [0.717, 1.165) is 11.7 Å². The monoisotopic (exact) mass is 316 g/mol. The van der Waals surface area contributed by atoms with E-state index < -0.39 is 22.4 Å². The van der Waals surface area contributed by atoms with Gasteiger partial charge in [0.05, 0.1) is 0 Å². The summed E-state index contributed by atoms with van der Waals surface area (Å²) in [6.07, 6.45) is 4.85. The molecule has 1 aromatic carbocycles. The van der Waals surface area contributed by atoms with Crippen LogP contribution in [0.15, 0.2) is 51.9 Å². The molecule has 0 amide bonds. The Hall–Kier alpha value is -1.42. The predicted octanol–water partition coefficient (Wildman–Crippen LogP) is 3.58. The average Bonchev–Trinajstić information content (AvgIpc) is 2.76. The van der Waals surface area contributed by atoms with E-state index in [1.807, 2.05) is 6.08 Å². The zero-order valence-electron chi connectivity index (χ0n) is 10.8. The molecule has 0 aliphatic heterocycles. The SMILES string of the molecule is CC1=[C]([Ti]([c]2ccccc2)[C](F)(F)F)CC=C1.N=C=O. The largest absolute Gasteiger partial charge is 0.231 e. The van der Waals surface area contributed by atoms with Crippen LogP contribution in [0.4, 0.5) is 13.2 Å². The summed E-state index contributed by atoms with van der Waals surface area (Å²) < 4.78 is 36.8. The fourth-order valence-corrected chi connectivity index (χ4v) is 5.69. The molecule has 0 aromatic heterocycles. The topological polar surface area (TPSA) is 40.9 Å². The van der Waals surface area contributed by atoms with Gasteiger partial charge in [-0.3, -0.25) is 0 Å². The Labute approximate surface area is 121 Å². The molecule has 0 fully saturated rings. The number of hydrogen-bond donors (Lipinski definition) is 1. The van der Waals surface area contributed by atoms with E-state index in [0.29, 0.717) is 14.2 Å². The van der Waals surface area contributed by atoms with Crippen LogP contribution < -0.4 is 3.87 Å². The second kappa shape index (κ2) is 7.39. The normalized spacial score (nSPS) is 13.6. The third-order valence-electron chi connectivity index (χ3n) is 2.81. The fourth-order valence-electron chi connectivity index (χ4n) is 2.03. The van der Waals surface area contributed by atoms with E-state index in [-0.39, 0.29) is 0 Å². The van der Waals surface area contributed by atoms with Gasteiger partial charge in [0.1, 0.15) is 0 Å². The summed E-state index contributed by atoms with van der Waals surface area (Å²) in [7, 11) is 0. The minimum atomic E-state index is -4.07. The molecule has 0 saturated carbocycles. The van der Waals surface area contributed by atoms with Crippen molar-refractivity contribution in [1.82, 2.24) is 0 Å². The molecule has 0 heterocycles. The van der Waals surface area contributed by atoms with Crippen molar-refractivity contribution in [3.8, 4) is 0 Å². The summed E-state index contributed by atoms with van der Waals surface area (Å²) in [5.74, 6) is 0. The number of allylic oxidation sites excluding steroid dienone is 4. The summed E-state index contributed by atoms with van der Waals surface area (Å²) in [5, 5.41) is 5.40. The second-order valence-corrected chi connectivity index (χ2v) is 8.01. The molecule has 105 valence electrons. The molecule has 2 nitrogen and oxygen atoms in total. The molecule has 20 heavy (non-hydrogen) atoms. The van der Waals surface area contributed by atoms with Crippen molar-refractivity contribution >= 4 is 9.95 Å². The molecule has 1 N–H and O–H groups in total. The van der Waals surface area contributed by atoms with Crippen molar-refractivity contribution in [2.45, 2.75) is 17.8 Å². The van der Waals surface area contributed by atoms with Crippen LogP contribution in [0.1, 0.15) is 13.3 Å². The number of rotatable bonds is 2. The molecular formula is C14H13F3NOTi. The maximum atomic E-state index is 13.2. The van der Waals surface area contributed by atoms with Gasteiger partial charge in [-0.05, 0) is 0 Å². The van der Waals surface area contributed by atoms with Crippen LogP contribution in [0.5, 0.6) is 0 Å². The third-order valence-corrected chi connectivity index (χ3v) is 7.00. The van der Waals surface area contributed by atoms with Crippen LogP contribution in [0.2, 0.25) is 0 Å². The van der Waals surface area contributed by atoms with Crippen LogP contribution in [0.25, 0.3) is 0 Å². The Morgan fingerprint density at radius 3 is 2.20 bits per heavy atom. The maximum Gasteiger partial charge on any atom is 0.231 e. The Bertz CT molecular complexity index is 543. The smallest absolute Gasteiger partial charge is 0.222 e. The van der Waals surface area contributed by atoms with Crippen molar-refractivity contribution in [2.24, 2.45) is 0 Å². The van der Waals surface area contributed by atoms with E-state index >= 15 is 0 Å². The zero-order valence-corrected chi connectivity index (χ0v) is 12.4. The number of isocyanates is 1. The Morgan fingerprint density at radius 1 is 1.25 bits per heavy atom. The van der Waals surface area contributed by atoms with Crippen LogP contribution >= 0.6 is 0 Å². The number of nitrogens with one attached hydrogen (secondary N) is 1. The summed E-state index contributed by atoms with van der Waals surface area (Å²) in [4.78, 5) is 8.35. The number of benzene rings is 1. The Balaban J connectivity index is 0.000000612. The van der Waals surface area contributed by atoms with Crippen LogP contribution in [0.3, 0.4) is 0 Å². The van der Waals surface area contributed by atoms with E-state index in [1.54, 1.807) is 43.3 Å². The van der Waals surface area contributed by atoms with Gasteiger partial charge in [-0.25, -0.2) is 10.2 Å². The zero-order chi connectivity index (χ0) is 15.2. The molecule has 0 atom stereocenters. The molecule has 6 heteroatoms. The molecule has 1 aliphatic rings. The molecule has 0 bridgehead atoms. The van der Waals surface area contributed by atoms with Gasteiger partial charge in [-0.15, -0.1) is 0 Å². The standard InChI is InChI=1S/C6H7.C6H5.CF3.CHNO.Ti/c1-6-4-2-3-5-6;1-2-4-6-5-3-1;2-1(3)4;2-1-3;/h2,4H,3H2,1H3;1-5H;;2H;. The first-order chi connectivity index (χ1) is 9.41. The van der Waals surface area contributed by atoms with Crippen molar-refractivity contribution in [2.75, 3.05) is 0 Å². The minimum Gasteiger partial charge on any atom is -0.222 e. The molecule has 1 aromatic rings. The molecule has 0 spiro atoms. The summed E-state index contributed by atoms with van der Waals surface area (Å²) in [6.45, 7) is 1.78. The van der Waals surface area contributed by atoms with Gasteiger partial charge in [0.2, 0.25) is 6.08 Å². The molecule has 0 radical (unpaired) electrons. The summed E-state index contributed by atoms with van der Waals surface area (Å²) >= 11 is -3.39. The molecule has 0 saturated heterocycles.